The van der Waals surface area contributed by atoms with Crippen LogP contribution in [0, 0.1) is 0 Å². The van der Waals surface area contributed by atoms with Gasteiger partial charge in [-0.15, -0.1) is 11.3 Å². The van der Waals surface area contributed by atoms with Gasteiger partial charge in [-0.1, -0.05) is 13.3 Å². The maximum atomic E-state index is 12.6. The molecule has 0 spiro atoms. The summed E-state index contributed by atoms with van der Waals surface area (Å²) in [5, 5.41) is 7.84. The Bertz CT molecular complexity index is 618. The van der Waals surface area contributed by atoms with E-state index >= 15 is 0 Å². The molecule has 0 aromatic carbocycles. The van der Waals surface area contributed by atoms with E-state index < -0.39 is 22.7 Å². The Kier molecular flexibility index (Phi) is 7.24. The van der Waals surface area contributed by atoms with Crippen molar-refractivity contribution in [3.05, 3.63) is 16.1 Å². The van der Waals surface area contributed by atoms with E-state index in [2.05, 4.69) is 20.6 Å². The van der Waals surface area contributed by atoms with E-state index in [9.17, 15) is 17.4 Å². The van der Waals surface area contributed by atoms with Crippen LogP contribution in [0.3, 0.4) is 0 Å². The Morgan fingerprint density at radius 3 is 2.84 bits per heavy atom. The Hall–Kier alpha value is -1.16. The fourth-order valence-corrected chi connectivity index (χ4v) is 4.91. The second kappa shape index (κ2) is 8.98. The summed E-state index contributed by atoms with van der Waals surface area (Å²) < 4.78 is 49.7. The first-order valence-corrected chi connectivity index (χ1v) is 10.5. The predicted molar refractivity (Wildman–Crippen MR) is 95.2 cm³/mol. The minimum atomic E-state index is -4.42. The van der Waals surface area contributed by atoms with E-state index in [-0.39, 0.29) is 17.8 Å². The minimum Gasteiger partial charge on any atom is -0.354 e. The van der Waals surface area contributed by atoms with Gasteiger partial charge in [0.2, 0.25) is 0 Å². The average molecular weight is 397 g/mol. The van der Waals surface area contributed by atoms with Crippen molar-refractivity contribution >= 4 is 28.1 Å². The molecule has 1 saturated carbocycles. The third kappa shape index (κ3) is 5.95. The van der Waals surface area contributed by atoms with Crippen molar-refractivity contribution in [3.63, 3.8) is 0 Å². The lowest BCUT2D eigenvalue weighted by Crippen LogP contribution is -2.46. The Labute approximate surface area is 152 Å². The highest BCUT2D eigenvalue weighted by Gasteiger charge is 2.33. The molecule has 1 aromatic heterocycles. The number of hydrogen-bond donors (Lipinski definition) is 2. The van der Waals surface area contributed by atoms with Crippen molar-refractivity contribution in [2.75, 3.05) is 12.8 Å². The lowest BCUT2D eigenvalue weighted by Gasteiger charge is -2.30. The van der Waals surface area contributed by atoms with E-state index in [1.807, 2.05) is 6.92 Å². The zero-order chi connectivity index (χ0) is 18.4. The molecule has 10 heteroatoms. The van der Waals surface area contributed by atoms with Crippen LogP contribution in [0.5, 0.6) is 0 Å². The van der Waals surface area contributed by atoms with Crippen LogP contribution in [0.1, 0.15) is 43.3 Å². The van der Waals surface area contributed by atoms with Crippen molar-refractivity contribution in [2.45, 2.75) is 56.6 Å². The van der Waals surface area contributed by atoms with Gasteiger partial charge in [-0.25, -0.2) is 4.98 Å². The Morgan fingerprint density at radius 1 is 1.48 bits per heavy atom. The summed E-state index contributed by atoms with van der Waals surface area (Å²) in [6.07, 6.45) is -0.651. The Morgan fingerprint density at radius 2 is 2.24 bits per heavy atom. The van der Waals surface area contributed by atoms with Crippen molar-refractivity contribution in [1.82, 2.24) is 15.6 Å². The van der Waals surface area contributed by atoms with Gasteiger partial charge in [0, 0.05) is 40.3 Å². The van der Waals surface area contributed by atoms with Gasteiger partial charge in [0.25, 0.3) is 0 Å². The number of nitrogens with zero attached hydrogens (tertiary/aromatic N) is 2. The first kappa shape index (κ1) is 20.2. The van der Waals surface area contributed by atoms with Crippen LogP contribution < -0.4 is 10.6 Å². The fraction of sp³-hybridized carbons (Fsp3) is 0.733. The zero-order valence-corrected chi connectivity index (χ0v) is 15.9. The number of alkyl halides is 3. The molecule has 0 radical (unpaired) electrons. The quantitative estimate of drug-likeness (QED) is 0.593. The van der Waals surface area contributed by atoms with E-state index in [0.717, 1.165) is 42.4 Å². The van der Waals surface area contributed by atoms with Crippen molar-refractivity contribution in [1.29, 1.82) is 0 Å². The standard InChI is InChI=1S/C15H23F3N4OS2/c1-3-25(23)11-6-4-5-10(7-11)21-14(19-2)20-8-13-22-12(9-24-13)15(16,17)18/h9-11H,3-8H2,1-2H3,(H2,19,20,21). The lowest BCUT2D eigenvalue weighted by atomic mass is 9.95. The molecule has 1 aliphatic rings. The largest absolute Gasteiger partial charge is 0.434 e. The predicted octanol–water partition coefficient (Wildman–Crippen LogP) is 2.91. The second-order valence-electron chi connectivity index (χ2n) is 5.85. The Balaban J connectivity index is 1.86. The molecule has 1 fully saturated rings. The summed E-state index contributed by atoms with van der Waals surface area (Å²) in [6, 6.07) is 0.169. The number of thiazole rings is 1. The van der Waals surface area contributed by atoms with E-state index in [4.69, 9.17) is 0 Å². The lowest BCUT2D eigenvalue weighted by molar-refractivity contribution is -0.140. The highest BCUT2D eigenvalue weighted by Crippen LogP contribution is 2.30. The first-order valence-electron chi connectivity index (χ1n) is 8.19. The molecule has 5 nitrogen and oxygen atoms in total. The monoisotopic (exact) mass is 396 g/mol. The van der Waals surface area contributed by atoms with Gasteiger partial charge in [0.15, 0.2) is 11.7 Å². The second-order valence-corrected chi connectivity index (χ2v) is 8.80. The number of guanidine groups is 1. The minimum absolute atomic E-state index is 0.169. The summed E-state index contributed by atoms with van der Waals surface area (Å²) >= 11 is 0.966. The number of nitrogens with one attached hydrogen (secondary N) is 2. The number of hydrogen-bond acceptors (Lipinski definition) is 4. The van der Waals surface area contributed by atoms with Gasteiger partial charge >= 0.3 is 6.18 Å². The van der Waals surface area contributed by atoms with Crippen LogP contribution in [0.2, 0.25) is 0 Å². The number of aromatic nitrogens is 1. The third-order valence-corrected chi connectivity index (χ3v) is 6.69. The van der Waals surface area contributed by atoms with Crippen LogP contribution in [0.25, 0.3) is 0 Å². The molecule has 25 heavy (non-hydrogen) atoms. The molecule has 0 aliphatic heterocycles. The van der Waals surface area contributed by atoms with Crippen LogP contribution in [0.4, 0.5) is 13.2 Å². The molecule has 2 N–H and O–H groups in total. The van der Waals surface area contributed by atoms with E-state index in [1.165, 1.54) is 0 Å². The average Bonchev–Trinajstić information content (AvgIpc) is 3.07. The maximum absolute atomic E-state index is 12.6. The van der Waals surface area contributed by atoms with Crippen LogP contribution >= 0.6 is 11.3 Å². The summed E-state index contributed by atoms with van der Waals surface area (Å²) in [5.74, 6) is 1.19. The van der Waals surface area contributed by atoms with Gasteiger partial charge in [-0.3, -0.25) is 9.20 Å². The first-order chi connectivity index (χ1) is 11.8. The highest BCUT2D eigenvalue weighted by molar-refractivity contribution is 7.85. The van der Waals surface area contributed by atoms with Gasteiger partial charge < -0.3 is 10.6 Å². The molecule has 1 heterocycles. The molecule has 0 bridgehead atoms. The third-order valence-electron chi connectivity index (χ3n) is 4.10. The molecule has 0 saturated heterocycles. The maximum Gasteiger partial charge on any atom is 0.434 e. The van der Waals surface area contributed by atoms with Crippen molar-refractivity contribution < 1.29 is 17.4 Å². The summed E-state index contributed by atoms with van der Waals surface area (Å²) in [5.41, 5.74) is -0.866. The molecule has 2 rings (SSSR count). The van der Waals surface area contributed by atoms with Gasteiger partial charge in [-0.05, 0) is 19.3 Å². The van der Waals surface area contributed by atoms with Crippen LogP contribution in [-0.2, 0) is 23.5 Å². The SMILES string of the molecule is CCS(=O)C1CCCC(NC(=NC)NCc2nc(C(F)(F)F)cs2)C1. The molecular weight excluding hydrogens is 373 g/mol. The molecule has 142 valence electrons. The summed E-state index contributed by atoms with van der Waals surface area (Å²) in [7, 11) is 0.809. The summed E-state index contributed by atoms with van der Waals surface area (Å²) in [6.45, 7) is 2.11. The van der Waals surface area contributed by atoms with Gasteiger partial charge in [-0.2, -0.15) is 13.2 Å². The van der Waals surface area contributed by atoms with Crippen molar-refractivity contribution in [3.8, 4) is 0 Å². The normalized spacial score (nSPS) is 23.3. The number of halogens is 3. The van der Waals surface area contributed by atoms with E-state index in [1.54, 1.807) is 7.05 Å². The smallest absolute Gasteiger partial charge is 0.354 e. The topological polar surface area (TPSA) is 66.4 Å². The van der Waals surface area contributed by atoms with Crippen LogP contribution in [0.15, 0.2) is 10.4 Å². The van der Waals surface area contributed by atoms with E-state index in [0.29, 0.717) is 16.7 Å². The van der Waals surface area contributed by atoms with Gasteiger partial charge in [0.1, 0.15) is 5.01 Å². The van der Waals surface area contributed by atoms with Crippen molar-refractivity contribution in [2.24, 2.45) is 4.99 Å². The van der Waals surface area contributed by atoms with Gasteiger partial charge in [0.05, 0.1) is 6.54 Å². The van der Waals surface area contributed by atoms with Crippen LogP contribution in [-0.4, -0.2) is 39.2 Å². The molecule has 0 amide bonds. The summed E-state index contributed by atoms with van der Waals surface area (Å²) in [4.78, 5) is 7.70. The zero-order valence-electron chi connectivity index (χ0n) is 14.2. The highest BCUT2D eigenvalue weighted by atomic mass is 32.2. The number of rotatable bonds is 5. The fourth-order valence-electron chi connectivity index (χ4n) is 2.82. The molecule has 1 aliphatic carbocycles. The number of aliphatic imine (C=N–C) groups is 1. The molecule has 3 unspecified atom stereocenters. The molecular formula is C15H23F3N4OS2. The molecule has 3 atom stereocenters. The molecule has 1 aromatic rings.